The van der Waals surface area contributed by atoms with Gasteiger partial charge in [-0.2, -0.15) is 0 Å². The molecule has 0 bridgehead atoms. The number of nitrogens with one attached hydrogen (secondary N) is 1. The highest BCUT2D eigenvalue weighted by molar-refractivity contribution is 5.35. The smallest absolute Gasteiger partial charge is 0.293 e. The van der Waals surface area contributed by atoms with E-state index >= 15 is 0 Å². The lowest BCUT2D eigenvalue weighted by atomic mass is 10.3. The van der Waals surface area contributed by atoms with E-state index in [4.69, 9.17) is 0 Å². The van der Waals surface area contributed by atoms with Gasteiger partial charge in [-0.05, 0) is 26.8 Å². The summed E-state index contributed by atoms with van der Waals surface area (Å²) in [6.45, 7) is 7.70. The Hall–Kier alpha value is -1.36. The van der Waals surface area contributed by atoms with Gasteiger partial charge in [0.2, 0.25) is 0 Å². The SMILES string of the molecule is CC(C)n1ccnc(N2CCCNCC2)c1=O. The Bertz CT molecular complexity index is 419. The van der Waals surface area contributed by atoms with E-state index in [9.17, 15) is 4.79 Å². The number of anilines is 1. The molecule has 2 heterocycles. The van der Waals surface area contributed by atoms with E-state index in [1.807, 2.05) is 13.8 Å². The molecule has 0 atom stereocenters. The largest absolute Gasteiger partial charge is 0.351 e. The summed E-state index contributed by atoms with van der Waals surface area (Å²) in [5.41, 5.74) is 0.0180. The van der Waals surface area contributed by atoms with Crippen LogP contribution in [0.25, 0.3) is 0 Å². The van der Waals surface area contributed by atoms with Crippen molar-refractivity contribution in [1.29, 1.82) is 0 Å². The van der Waals surface area contributed by atoms with Gasteiger partial charge < -0.3 is 14.8 Å². The van der Waals surface area contributed by atoms with Gasteiger partial charge >= 0.3 is 0 Å². The molecule has 1 aliphatic heterocycles. The lowest BCUT2D eigenvalue weighted by Crippen LogP contribution is -2.36. The van der Waals surface area contributed by atoms with Crippen LogP contribution in [0.1, 0.15) is 26.3 Å². The van der Waals surface area contributed by atoms with E-state index in [-0.39, 0.29) is 11.6 Å². The van der Waals surface area contributed by atoms with Gasteiger partial charge in [-0.15, -0.1) is 0 Å². The Balaban J connectivity index is 2.31. The van der Waals surface area contributed by atoms with Crippen molar-refractivity contribution in [2.45, 2.75) is 26.3 Å². The predicted molar refractivity (Wildman–Crippen MR) is 68.6 cm³/mol. The zero-order valence-electron chi connectivity index (χ0n) is 10.5. The van der Waals surface area contributed by atoms with E-state index in [2.05, 4.69) is 15.2 Å². The van der Waals surface area contributed by atoms with E-state index in [0.717, 1.165) is 32.6 Å². The van der Waals surface area contributed by atoms with Crippen molar-refractivity contribution in [3.63, 3.8) is 0 Å². The van der Waals surface area contributed by atoms with E-state index in [1.54, 1.807) is 17.0 Å². The molecular formula is C12H20N4O. The summed E-state index contributed by atoms with van der Waals surface area (Å²) in [5, 5.41) is 3.33. The highest BCUT2D eigenvalue weighted by atomic mass is 16.1. The van der Waals surface area contributed by atoms with Crippen LogP contribution >= 0.6 is 0 Å². The zero-order chi connectivity index (χ0) is 12.3. The fourth-order valence-electron chi connectivity index (χ4n) is 2.10. The minimum Gasteiger partial charge on any atom is -0.351 e. The number of hydrogen-bond acceptors (Lipinski definition) is 4. The molecule has 5 heteroatoms. The van der Waals surface area contributed by atoms with E-state index in [1.165, 1.54) is 0 Å². The van der Waals surface area contributed by atoms with Gasteiger partial charge in [0, 0.05) is 38.1 Å². The molecule has 2 rings (SSSR count). The first kappa shape index (κ1) is 12.1. The lowest BCUT2D eigenvalue weighted by molar-refractivity contribution is 0.571. The molecule has 1 aromatic heterocycles. The summed E-state index contributed by atoms with van der Waals surface area (Å²) in [6, 6.07) is 0.175. The summed E-state index contributed by atoms with van der Waals surface area (Å²) >= 11 is 0. The molecule has 1 saturated heterocycles. The molecule has 0 radical (unpaired) electrons. The monoisotopic (exact) mass is 236 g/mol. The van der Waals surface area contributed by atoms with Crippen molar-refractivity contribution >= 4 is 5.82 Å². The van der Waals surface area contributed by atoms with Crippen LogP contribution in [-0.4, -0.2) is 35.7 Å². The van der Waals surface area contributed by atoms with Gasteiger partial charge in [0.25, 0.3) is 5.56 Å². The second kappa shape index (κ2) is 5.31. The normalized spacial score (nSPS) is 17.2. The molecule has 1 aromatic rings. The molecule has 1 fully saturated rings. The summed E-state index contributed by atoms with van der Waals surface area (Å²) in [5.74, 6) is 0.588. The van der Waals surface area contributed by atoms with E-state index < -0.39 is 0 Å². The Kier molecular flexibility index (Phi) is 3.78. The average molecular weight is 236 g/mol. The van der Waals surface area contributed by atoms with Crippen molar-refractivity contribution in [3.05, 3.63) is 22.7 Å². The van der Waals surface area contributed by atoms with Crippen molar-refractivity contribution in [1.82, 2.24) is 14.9 Å². The maximum Gasteiger partial charge on any atom is 0.293 e. The maximum atomic E-state index is 12.3. The van der Waals surface area contributed by atoms with Crippen LogP contribution in [0.2, 0.25) is 0 Å². The summed E-state index contributed by atoms with van der Waals surface area (Å²) < 4.78 is 1.74. The van der Waals surface area contributed by atoms with Gasteiger partial charge in [-0.25, -0.2) is 4.98 Å². The Labute approximate surface area is 101 Å². The van der Waals surface area contributed by atoms with Gasteiger partial charge in [0.15, 0.2) is 5.82 Å². The van der Waals surface area contributed by atoms with Crippen LogP contribution in [-0.2, 0) is 0 Å². The Morgan fingerprint density at radius 1 is 1.35 bits per heavy atom. The van der Waals surface area contributed by atoms with Crippen LogP contribution in [0, 0.1) is 0 Å². The standard InChI is InChI=1S/C12H20N4O/c1-10(2)16-9-6-14-11(12(16)17)15-7-3-4-13-5-8-15/h6,9-10,13H,3-5,7-8H2,1-2H3. The van der Waals surface area contributed by atoms with Crippen LogP contribution in [0.5, 0.6) is 0 Å². The predicted octanol–water partition coefficient (Wildman–Crippen LogP) is 0.624. The molecule has 1 aliphatic rings. The first-order valence-electron chi connectivity index (χ1n) is 6.23. The zero-order valence-corrected chi connectivity index (χ0v) is 10.5. The van der Waals surface area contributed by atoms with Crippen LogP contribution in [0.4, 0.5) is 5.82 Å². The quantitative estimate of drug-likeness (QED) is 0.818. The second-order valence-electron chi connectivity index (χ2n) is 4.65. The molecule has 0 aliphatic carbocycles. The molecule has 17 heavy (non-hydrogen) atoms. The minimum absolute atomic E-state index is 0.0180. The Morgan fingerprint density at radius 3 is 2.94 bits per heavy atom. The minimum atomic E-state index is 0.0180. The number of rotatable bonds is 2. The number of hydrogen-bond donors (Lipinski definition) is 1. The molecule has 1 N–H and O–H groups in total. The lowest BCUT2D eigenvalue weighted by Gasteiger charge is -2.21. The number of nitrogens with zero attached hydrogens (tertiary/aromatic N) is 3. The van der Waals surface area contributed by atoms with Gasteiger partial charge in [0.05, 0.1) is 0 Å². The summed E-state index contributed by atoms with van der Waals surface area (Å²) in [7, 11) is 0. The highest BCUT2D eigenvalue weighted by Gasteiger charge is 2.15. The number of aromatic nitrogens is 2. The molecule has 0 aromatic carbocycles. The fraction of sp³-hybridized carbons (Fsp3) is 0.667. The van der Waals surface area contributed by atoms with Gasteiger partial charge in [0.1, 0.15) is 0 Å². The topological polar surface area (TPSA) is 50.2 Å². The van der Waals surface area contributed by atoms with Crippen molar-refractivity contribution in [2.75, 3.05) is 31.1 Å². The van der Waals surface area contributed by atoms with Gasteiger partial charge in [-0.1, -0.05) is 0 Å². The van der Waals surface area contributed by atoms with Crippen LogP contribution in [0.3, 0.4) is 0 Å². The van der Waals surface area contributed by atoms with Crippen LogP contribution in [0.15, 0.2) is 17.2 Å². The third-order valence-electron chi connectivity index (χ3n) is 3.05. The summed E-state index contributed by atoms with van der Waals surface area (Å²) in [6.07, 6.45) is 4.53. The fourth-order valence-corrected chi connectivity index (χ4v) is 2.10. The average Bonchev–Trinajstić information content (AvgIpc) is 2.57. The molecule has 94 valence electrons. The molecule has 0 spiro atoms. The first-order chi connectivity index (χ1) is 8.20. The third-order valence-corrected chi connectivity index (χ3v) is 3.05. The molecule has 0 amide bonds. The van der Waals surface area contributed by atoms with E-state index in [0.29, 0.717) is 5.82 Å². The maximum absolute atomic E-state index is 12.3. The second-order valence-corrected chi connectivity index (χ2v) is 4.65. The molecular weight excluding hydrogens is 216 g/mol. The van der Waals surface area contributed by atoms with Crippen molar-refractivity contribution in [3.8, 4) is 0 Å². The molecule has 0 saturated carbocycles. The Morgan fingerprint density at radius 2 is 2.18 bits per heavy atom. The highest BCUT2D eigenvalue weighted by Crippen LogP contribution is 2.08. The van der Waals surface area contributed by atoms with Crippen LogP contribution < -0.4 is 15.8 Å². The van der Waals surface area contributed by atoms with Gasteiger partial charge in [-0.3, -0.25) is 4.79 Å². The molecule has 0 unspecified atom stereocenters. The van der Waals surface area contributed by atoms with Crippen molar-refractivity contribution in [2.24, 2.45) is 0 Å². The first-order valence-corrected chi connectivity index (χ1v) is 6.23. The van der Waals surface area contributed by atoms with Crippen molar-refractivity contribution < 1.29 is 0 Å². The summed E-state index contributed by atoms with van der Waals surface area (Å²) in [4.78, 5) is 18.6. The third kappa shape index (κ3) is 2.66. The molecule has 5 nitrogen and oxygen atoms in total.